The van der Waals surface area contributed by atoms with E-state index in [1.807, 2.05) is 44.1 Å². The summed E-state index contributed by atoms with van der Waals surface area (Å²) in [6.07, 6.45) is 0. The number of methoxy groups -OCH3 is 1. The Kier molecular flexibility index (Phi) is 4.50. The van der Waals surface area contributed by atoms with Crippen molar-refractivity contribution in [2.75, 3.05) is 27.7 Å². The minimum atomic E-state index is 0.00195. The van der Waals surface area contributed by atoms with Gasteiger partial charge in [0.25, 0.3) is 0 Å². The van der Waals surface area contributed by atoms with Crippen molar-refractivity contribution in [2.24, 2.45) is 5.92 Å². The van der Waals surface area contributed by atoms with Crippen LogP contribution in [0.2, 0.25) is 0 Å². The molecule has 0 N–H and O–H groups in total. The quantitative estimate of drug-likeness (QED) is 0.713. The maximum Gasteiger partial charge on any atom is 0.167 e. The topological polar surface area (TPSA) is 29.5 Å². The first-order chi connectivity index (χ1) is 7.54. The number of carbonyl (C=O) groups is 1. The van der Waals surface area contributed by atoms with Gasteiger partial charge >= 0.3 is 0 Å². The van der Waals surface area contributed by atoms with Crippen LogP contribution in [0.15, 0.2) is 24.3 Å². The molecule has 88 valence electrons. The van der Waals surface area contributed by atoms with E-state index in [4.69, 9.17) is 4.74 Å². The molecule has 0 aliphatic carbocycles. The lowest BCUT2D eigenvalue weighted by Crippen LogP contribution is -2.25. The lowest BCUT2D eigenvalue weighted by Gasteiger charge is -2.16. The summed E-state index contributed by atoms with van der Waals surface area (Å²) in [7, 11) is 5.54. The van der Waals surface area contributed by atoms with Crippen LogP contribution < -0.4 is 4.74 Å². The van der Waals surface area contributed by atoms with Crippen molar-refractivity contribution >= 4 is 5.78 Å². The Bertz CT molecular complexity index is 361. The van der Waals surface area contributed by atoms with Crippen LogP contribution in [0.4, 0.5) is 0 Å². The summed E-state index contributed by atoms with van der Waals surface area (Å²) in [5.41, 5.74) is 0.716. The summed E-state index contributed by atoms with van der Waals surface area (Å²) in [6.45, 7) is 2.71. The normalized spacial score (nSPS) is 12.6. The average molecular weight is 221 g/mol. The van der Waals surface area contributed by atoms with Gasteiger partial charge in [-0.1, -0.05) is 19.1 Å². The molecule has 1 aromatic rings. The molecule has 0 saturated heterocycles. The Morgan fingerprint density at radius 2 is 2.12 bits per heavy atom. The summed E-state index contributed by atoms with van der Waals surface area (Å²) < 4.78 is 5.10. The van der Waals surface area contributed by atoms with Crippen molar-refractivity contribution in [3.8, 4) is 5.75 Å². The van der Waals surface area contributed by atoms with E-state index in [9.17, 15) is 4.79 Å². The summed E-state index contributed by atoms with van der Waals surface area (Å²) in [5, 5.41) is 0. The monoisotopic (exact) mass is 221 g/mol. The smallest absolute Gasteiger partial charge is 0.167 e. The van der Waals surface area contributed by atoms with E-state index in [0.717, 1.165) is 12.3 Å². The molecule has 0 aromatic heterocycles. The minimum absolute atomic E-state index is 0.00195. The van der Waals surface area contributed by atoms with Crippen molar-refractivity contribution < 1.29 is 9.53 Å². The molecule has 1 atom stereocenters. The van der Waals surface area contributed by atoms with Gasteiger partial charge in [-0.05, 0) is 26.2 Å². The first-order valence-corrected chi connectivity index (χ1v) is 5.37. The summed E-state index contributed by atoms with van der Waals surface area (Å²) in [4.78, 5) is 14.1. The molecule has 1 aromatic carbocycles. The van der Waals surface area contributed by atoms with Gasteiger partial charge in [0.05, 0.1) is 7.11 Å². The van der Waals surface area contributed by atoms with Gasteiger partial charge in [0, 0.05) is 18.0 Å². The molecule has 0 saturated carbocycles. The van der Waals surface area contributed by atoms with Crippen molar-refractivity contribution in [1.82, 2.24) is 4.90 Å². The van der Waals surface area contributed by atoms with Gasteiger partial charge in [0.15, 0.2) is 5.78 Å². The van der Waals surface area contributed by atoms with E-state index >= 15 is 0 Å². The van der Waals surface area contributed by atoms with Crippen LogP contribution in [0.25, 0.3) is 0 Å². The number of Topliss-reactive ketones (excluding diaryl/α,β-unsaturated/α-hetero) is 1. The molecule has 3 heteroatoms. The number of hydrogen-bond donors (Lipinski definition) is 0. The van der Waals surface area contributed by atoms with E-state index in [0.29, 0.717) is 5.56 Å². The number of benzene rings is 1. The second kappa shape index (κ2) is 5.66. The van der Waals surface area contributed by atoms with E-state index in [2.05, 4.69) is 0 Å². The number of carbonyl (C=O) groups excluding carboxylic acids is 1. The molecule has 0 amide bonds. The zero-order valence-corrected chi connectivity index (χ0v) is 10.4. The van der Waals surface area contributed by atoms with Gasteiger partial charge in [-0.2, -0.15) is 0 Å². The van der Waals surface area contributed by atoms with Gasteiger partial charge in [-0.3, -0.25) is 4.79 Å². The molecule has 0 aliphatic heterocycles. The average Bonchev–Trinajstić information content (AvgIpc) is 2.27. The predicted molar refractivity (Wildman–Crippen MR) is 65.0 cm³/mol. The van der Waals surface area contributed by atoms with Gasteiger partial charge < -0.3 is 9.64 Å². The Labute approximate surface area is 97.0 Å². The Balaban J connectivity index is 2.79. The third-order valence-electron chi connectivity index (χ3n) is 2.44. The van der Waals surface area contributed by atoms with Crippen LogP contribution in [0.5, 0.6) is 5.75 Å². The molecule has 0 heterocycles. The third-order valence-corrected chi connectivity index (χ3v) is 2.44. The van der Waals surface area contributed by atoms with Crippen LogP contribution in [-0.2, 0) is 0 Å². The van der Waals surface area contributed by atoms with E-state index in [1.165, 1.54) is 0 Å². The molecule has 1 unspecified atom stereocenters. The number of nitrogens with zero attached hydrogens (tertiary/aromatic N) is 1. The molecule has 0 radical (unpaired) electrons. The zero-order chi connectivity index (χ0) is 12.1. The van der Waals surface area contributed by atoms with E-state index in [1.54, 1.807) is 13.2 Å². The SMILES string of the molecule is COc1cccc(C(=O)C(C)CN(C)C)c1. The maximum atomic E-state index is 12.1. The fourth-order valence-electron chi connectivity index (χ4n) is 1.69. The van der Waals surface area contributed by atoms with Crippen LogP contribution in [0.3, 0.4) is 0 Å². The van der Waals surface area contributed by atoms with Crippen molar-refractivity contribution in [1.29, 1.82) is 0 Å². The summed E-state index contributed by atoms with van der Waals surface area (Å²) >= 11 is 0. The standard InChI is InChI=1S/C13H19NO2/c1-10(9-14(2)3)13(15)11-6-5-7-12(8-11)16-4/h5-8,10H,9H2,1-4H3. The largest absolute Gasteiger partial charge is 0.497 e. The molecule has 16 heavy (non-hydrogen) atoms. The van der Waals surface area contributed by atoms with Gasteiger partial charge in [-0.25, -0.2) is 0 Å². The van der Waals surface area contributed by atoms with Gasteiger partial charge in [0.1, 0.15) is 5.75 Å². The van der Waals surface area contributed by atoms with Gasteiger partial charge in [-0.15, -0.1) is 0 Å². The van der Waals surface area contributed by atoms with Crippen LogP contribution >= 0.6 is 0 Å². The highest BCUT2D eigenvalue weighted by Crippen LogP contribution is 2.16. The molecule has 0 spiro atoms. The van der Waals surface area contributed by atoms with Crippen LogP contribution in [-0.4, -0.2) is 38.4 Å². The fraction of sp³-hybridized carbons (Fsp3) is 0.462. The third kappa shape index (κ3) is 3.35. The second-order valence-corrected chi connectivity index (χ2v) is 4.26. The van der Waals surface area contributed by atoms with E-state index in [-0.39, 0.29) is 11.7 Å². The minimum Gasteiger partial charge on any atom is -0.497 e. The van der Waals surface area contributed by atoms with Crippen LogP contribution in [0.1, 0.15) is 17.3 Å². The number of hydrogen-bond acceptors (Lipinski definition) is 3. The molecule has 0 fully saturated rings. The first kappa shape index (κ1) is 12.7. The van der Waals surface area contributed by atoms with Crippen LogP contribution in [0, 0.1) is 5.92 Å². The first-order valence-electron chi connectivity index (χ1n) is 5.37. The Morgan fingerprint density at radius 3 is 2.69 bits per heavy atom. The summed E-state index contributed by atoms with van der Waals surface area (Å²) in [6, 6.07) is 7.30. The molecule has 0 bridgehead atoms. The highest BCUT2D eigenvalue weighted by atomic mass is 16.5. The summed E-state index contributed by atoms with van der Waals surface area (Å²) in [5.74, 6) is 0.887. The highest BCUT2D eigenvalue weighted by molar-refractivity contribution is 5.98. The zero-order valence-electron chi connectivity index (χ0n) is 10.4. The highest BCUT2D eigenvalue weighted by Gasteiger charge is 2.16. The number of ether oxygens (including phenoxy) is 1. The van der Waals surface area contributed by atoms with Gasteiger partial charge in [0.2, 0.25) is 0 Å². The lowest BCUT2D eigenvalue weighted by molar-refractivity contribution is 0.0909. The maximum absolute atomic E-state index is 12.1. The molecule has 0 aliphatic rings. The number of ketones is 1. The number of rotatable bonds is 5. The van der Waals surface area contributed by atoms with Crippen molar-refractivity contribution in [3.63, 3.8) is 0 Å². The lowest BCUT2D eigenvalue weighted by atomic mass is 9.99. The Hall–Kier alpha value is -1.35. The Morgan fingerprint density at radius 1 is 1.44 bits per heavy atom. The predicted octanol–water partition coefficient (Wildman–Crippen LogP) is 2.08. The second-order valence-electron chi connectivity index (χ2n) is 4.26. The van der Waals surface area contributed by atoms with Crippen molar-refractivity contribution in [3.05, 3.63) is 29.8 Å². The van der Waals surface area contributed by atoms with Crippen molar-refractivity contribution in [2.45, 2.75) is 6.92 Å². The molecular weight excluding hydrogens is 202 g/mol. The molecule has 3 nitrogen and oxygen atoms in total. The van der Waals surface area contributed by atoms with E-state index < -0.39 is 0 Å². The molecular formula is C13H19NO2. The fourth-order valence-corrected chi connectivity index (χ4v) is 1.69. The molecule has 1 rings (SSSR count).